The van der Waals surface area contributed by atoms with Crippen molar-refractivity contribution in [2.45, 2.75) is 38.6 Å². The zero-order valence-electron chi connectivity index (χ0n) is 11.4. The van der Waals surface area contributed by atoms with Crippen molar-refractivity contribution in [2.24, 2.45) is 5.92 Å². The average molecular weight is 282 g/mol. The van der Waals surface area contributed by atoms with Crippen molar-refractivity contribution < 1.29 is 9.53 Å². The average Bonchev–Trinajstić information content (AvgIpc) is 2.42. The maximum absolute atomic E-state index is 11.5. The monoisotopic (exact) mass is 281 g/mol. The first kappa shape index (κ1) is 14.2. The Bertz CT molecular complexity index is 461. The van der Waals surface area contributed by atoms with Crippen molar-refractivity contribution >= 4 is 23.3 Å². The number of benzene rings is 1. The van der Waals surface area contributed by atoms with E-state index in [1.54, 1.807) is 18.2 Å². The summed E-state index contributed by atoms with van der Waals surface area (Å²) in [5.74, 6) is 0.294. The Morgan fingerprint density at radius 3 is 2.79 bits per heavy atom. The second-order valence-electron chi connectivity index (χ2n) is 5.20. The molecule has 0 aliphatic heterocycles. The van der Waals surface area contributed by atoms with Crippen molar-refractivity contribution in [3.05, 3.63) is 28.8 Å². The molecule has 0 aromatic heterocycles. The van der Waals surface area contributed by atoms with Gasteiger partial charge in [0.2, 0.25) is 0 Å². The Balaban J connectivity index is 2.16. The van der Waals surface area contributed by atoms with Crippen LogP contribution in [-0.2, 0) is 4.74 Å². The fourth-order valence-electron chi connectivity index (χ4n) is 2.61. The Kier molecular flexibility index (Phi) is 4.70. The van der Waals surface area contributed by atoms with Gasteiger partial charge >= 0.3 is 5.97 Å². The van der Waals surface area contributed by atoms with E-state index in [1.807, 2.05) is 0 Å². The van der Waals surface area contributed by atoms with Gasteiger partial charge in [0.25, 0.3) is 0 Å². The number of hydrogen-bond donors (Lipinski definition) is 1. The SMILES string of the molecule is COC(=O)c1ccc(Cl)c(NC2CCCCC2C)c1. The van der Waals surface area contributed by atoms with Gasteiger partial charge < -0.3 is 10.1 Å². The van der Waals surface area contributed by atoms with Gasteiger partial charge in [0.15, 0.2) is 0 Å². The minimum absolute atomic E-state index is 0.337. The quantitative estimate of drug-likeness (QED) is 0.847. The molecule has 104 valence electrons. The lowest BCUT2D eigenvalue weighted by Crippen LogP contribution is -2.30. The number of esters is 1. The summed E-state index contributed by atoms with van der Waals surface area (Å²) < 4.78 is 4.73. The predicted molar refractivity (Wildman–Crippen MR) is 77.8 cm³/mol. The van der Waals surface area contributed by atoms with Crippen molar-refractivity contribution in [1.82, 2.24) is 0 Å². The molecule has 0 radical (unpaired) electrons. The minimum atomic E-state index is -0.337. The van der Waals surface area contributed by atoms with Crippen molar-refractivity contribution in [3.8, 4) is 0 Å². The highest BCUT2D eigenvalue weighted by Crippen LogP contribution is 2.30. The Hall–Kier alpha value is -1.22. The Morgan fingerprint density at radius 1 is 1.37 bits per heavy atom. The fraction of sp³-hybridized carbons (Fsp3) is 0.533. The van der Waals surface area contributed by atoms with Gasteiger partial charge in [-0.05, 0) is 37.0 Å². The third-order valence-electron chi connectivity index (χ3n) is 3.84. The molecule has 19 heavy (non-hydrogen) atoms. The number of anilines is 1. The summed E-state index contributed by atoms with van der Waals surface area (Å²) >= 11 is 6.20. The first-order valence-corrected chi connectivity index (χ1v) is 7.14. The molecule has 1 fully saturated rings. The lowest BCUT2D eigenvalue weighted by atomic mass is 9.86. The predicted octanol–water partition coefficient (Wildman–Crippen LogP) is 4.12. The van der Waals surface area contributed by atoms with Crippen molar-refractivity contribution in [3.63, 3.8) is 0 Å². The standard InChI is InChI=1S/C15H20ClNO2/c1-10-5-3-4-6-13(10)17-14-9-11(15(18)19-2)7-8-12(14)16/h7-10,13,17H,3-6H2,1-2H3. The van der Waals surface area contributed by atoms with Gasteiger partial charge in [0.05, 0.1) is 23.4 Å². The molecule has 4 heteroatoms. The number of methoxy groups -OCH3 is 1. The van der Waals surface area contributed by atoms with Gasteiger partial charge in [-0.3, -0.25) is 0 Å². The van der Waals surface area contributed by atoms with Gasteiger partial charge in [0.1, 0.15) is 0 Å². The maximum atomic E-state index is 11.5. The van der Waals surface area contributed by atoms with E-state index in [-0.39, 0.29) is 5.97 Å². The van der Waals surface area contributed by atoms with E-state index in [0.29, 0.717) is 22.5 Å². The van der Waals surface area contributed by atoms with Crippen LogP contribution < -0.4 is 5.32 Å². The normalized spacial score (nSPS) is 22.9. The molecule has 0 amide bonds. The molecule has 2 unspecified atom stereocenters. The van der Waals surface area contributed by atoms with Crippen molar-refractivity contribution in [2.75, 3.05) is 12.4 Å². The molecule has 1 aliphatic rings. The zero-order valence-corrected chi connectivity index (χ0v) is 12.2. The second-order valence-corrected chi connectivity index (χ2v) is 5.61. The molecule has 2 atom stereocenters. The first-order chi connectivity index (χ1) is 9.11. The number of carbonyl (C=O) groups is 1. The third-order valence-corrected chi connectivity index (χ3v) is 4.17. The molecule has 0 bridgehead atoms. The van der Waals surface area contributed by atoms with Gasteiger partial charge in [-0.15, -0.1) is 0 Å². The van der Waals surface area contributed by atoms with E-state index in [4.69, 9.17) is 16.3 Å². The number of nitrogens with one attached hydrogen (secondary N) is 1. The maximum Gasteiger partial charge on any atom is 0.337 e. The molecule has 0 spiro atoms. The Labute approximate surface area is 119 Å². The van der Waals surface area contributed by atoms with E-state index in [9.17, 15) is 4.79 Å². The summed E-state index contributed by atoms with van der Waals surface area (Å²) in [5.41, 5.74) is 1.35. The van der Waals surface area contributed by atoms with Crippen LogP contribution in [0.5, 0.6) is 0 Å². The van der Waals surface area contributed by atoms with E-state index in [1.165, 1.54) is 26.4 Å². The van der Waals surface area contributed by atoms with Crippen LogP contribution in [0, 0.1) is 5.92 Å². The molecule has 1 aliphatic carbocycles. The lowest BCUT2D eigenvalue weighted by Gasteiger charge is -2.30. The summed E-state index contributed by atoms with van der Waals surface area (Å²) in [7, 11) is 1.38. The molecule has 0 heterocycles. The highest BCUT2D eigenvalue weighted by molar-refractivity contribution is 6.33. The van der Waals surface area contributed by atoms with Crippen LogP contribution in [0.25, 0.3) is 0 Å². The van der Waals surface area contributed by atoms with Gasteiger partial charge in [-0.1, -0.05) is 31.4 Å². The second kappa shape index (κ2) is 6.29. The highest BCUT2D eigenvalue weighted by atomic mass is 35.5. The molecule has 1 saturated carbocycles. The first-order valence-electron chi connectivity index (χ1n) is 6.76. The van der Waals surface area contributed by atoms with Crippen LogP contribution in [0.15, 0.2) is 18.2 Å². The van der Waals surface area contributed by atoms with E-state index in [0.717, 1.165) is 12.1 Å². The molecule has 0 saturated heterocycles. The van der Waals surface area contributed by atoms with Gasteiger partial charge in [0, 0.05) is 6.04 Å². The van der Waals surface area contributed by atoms with Crippen LogP contribution in [0.4, 0.5) is 5.69 Å². The summed E-state index contributed by atoms with van der Waals surface area (Å²) in [6, 6.07) is 5.63. The molecule has 2 rings (SSSR count). The molecule has 3 nitrogen and oxygen atoms in total. The summed E-state index contributed by atoms with van der Waals surface area (Å²) in [6.07, 6.45) is 4.94. The molecular formula is C15H20ClNO2. The van der Waals surface area contributed by atoms with E-state index < -0.39 is 0 Å². The number of carbonyl (C=O) groups excluding carboxylic acids is 1. The topological polar surface area (TPSA) is 38.3 Å². The van der Waals surface area contributed by atoms with E-state index >= 15 is 0 Å². The lowest BCUT2D eigenvalue weighted by molar-refractivity contribution is 0.0601. The minimum Gasteiger partial charge on any atom is -0.465 e. The molecule has 1 N–H and O–H groups in total. The largest absolute Gasteiger partial charge is 0.465 e. The summed E-state index contributed by atoms with van der Waals surface area (Å²) in [4.78, 5) is 11.5. The molecule has 1 aromatic carbocycles. The number of ether oxygens (including phenoxy) is 1. The smallest absolute Gasteiger partial charge is 0.337 e. The Morgan fingerprint density at radius 2 is 2.11 bits per heavy atom. The van der Waals surface area contributed by atoms with Crippen LogP contribution in [-0.4, -0.2) is 19.1 Å². The third kappa shape index (κ3) is 3.41. The highest BCUT2D eigenvalue weighted by Gasteiger charge is 2.22. The number of hydrogen-bond acceptors (Lipinski definition) is 3. The zero-order chi connectivity index (χ0) is 13.8. The summed E-state index contributed by atoms with van der Waals surface area (Å²) in [6.45, 7) is 2.26. The number of halogens is 1. The van der Waals surface area contributed by atoms with Crippen LogP contribution in [0.2, 0.25) is 5.02 Å². The van der Waals surface area contributed by atoms with Gasteiger partial charge in [-0.2, -0.15) is 0 Å². The van der Waals surface area contributed by atoms with Crippen LogP contribution in [0.1, 0.15) is 43.0 Å². The van der Waals surface area contributed by atoms with E-state index in [2.05, 4.69) is 12.2 Å². The fourth-order valence-corrected chi connectivity index (χ4v) is 2.78. The van der Waals surface area contributed by atoms with Crippen LogP contribution in [0.3, 0.4) is 0 Å². The van der Waals surface area contributed by atoms with Crippen molar-refractivity contribution in [1.29, 1.82) is 0 Å². The molecular weight excluding hydrogens is 262 g/mol. The van der Waals surface area contributed by atoms with Gasteiger partial charge in [-0.25, -0.2) is 4.79 Å². The molecule has 1 aromatic rings. The summed E-state index contributed by atoms with van der Waals surface area (Å²) in [5, 5.41) is 4.12. The number of rotatable bonds is 3. The van der Waals surface area contributed by atoms with Crippen LogP contribution >= 0.6 is 11.6 Å².